The zero-order chi connectivity index (χ0) is 28.9. The monoisotopic (exact) mass is 541 g/mol. The molecule has 0 radical (unpaired) electrons. The summed E-state index contributed by atoms with van der Waals surface area (Å²) < 4.78 is 16.3. The number of hydrogen-bond donors (Lipinski definition) is 1. The van der Waals surface area contributed by atoms with Gasteiger partial charge >= 0.3 is 5.97 Å². The van der Waals surface area contributed by atoms with Gasteiger partial charge in [-0.25, -0.2) is 0 Å². The average molecular weight is 542 g/mol. The number of esters is 1. The number of hydrogen-bond acceptors (Lipinski definition) is 7. The fourth-order valence-corrected chi connectivity index (χ4v) is 7.30. The second kappa shape index (κ2) is 9.89. The van der Waals surface area contributed by atoms with Crippen LogP contribution in [0.5, 0.6) is 11.5 Å². The van der Waals surface area contributed by atoms with Crippen molar-refractivity contribution < 1.29 is 28.6 Å². The summed E-state index contributed by atoms with van der Waals surface area (Å²) in [6, 6.07) is 21.7. The number of rotatable bonds is 7. The van der Waals surface area contributed by atoms with Crippen LogP contribution >= 0.6 is 0 Å². The molecule has 1 unspecified atom stereocenters. The van der Waals surface area contributed by atoms with Crippen molar-refractivity contribution >= 4 is 17.5 Å². The van der Waals surface area contributed by atoms with Crippen LogP contribution in [0.1, 0.15) is 49.2 Å². The van der Waals surface area contributed by atoms with Gasteiger partial charge in [0.1, 0.15) is 28.2 Å². The third-order valence-electron chi connectivity index (χ3n) is 8.74. The first-order valence-corrected chi connectivity index (χ1v) is 13.4. The van der Waals surface area contributed by atoms with E-state index in [0.717, 1.165) is 11.1 Å². The summed E-state index contributed by atoms with van der Waals surface area (Å²) in [6.45, 7) is 5.63. The van der Waals surface area contributed by atoms with Crippen molar-refractivity contribution in [2.75, 3.05) is 21.3 Å². The predicted octanol–water partition coefficient (Wildman–Crippen LogP) is 5.43. The SMILES string of the molecule is COC(=O)[C@@]1(C)N[C@@H](c2cc(OC)cc(OC)c2)[C@@]2(C(=O)c3ccc(-c4ccccc4)cc3)C(=O)CC(C)(C)C21. The van der Waals surface area contributed by atoms with E-state index in [1.807, 2.05) is 56.3 Å². The maximum atomic E-state index is 14.8. The summed E-state index contributed by atoms with van der Waals surface area (Å²) in [5, 5.41) is 3.43. The molecule has 1 heterocycles. The van der Waals surface area contributed by atoms with Gasteiger partial charge in [0, 0.05) is 24.0 Å². The second-order valence-corrected chi connectivity index (χ2v) is 11.6. The summed E-state index contributed by atoms with van der Waals surface area (Å²) in [4.78, 5) is 42.6. The molecule has 3 aromatic carbocycles. The largest absolute Gasteiger partial charge is 0.497 e. The molecule has 7 nitrogen and oxygen atoms in total. The van der Waals surface area contributed by atoms with E-state index in [9.17, 15) is 14.4 Å². The number of methoxy groups -OCH3 is 3. The number of benzene rings is 3. The molecule has 208 valence electrons. The number of ether oxygens (including phenoxy) is 3. The molecule has 0 bridgehead atoms. The van der Waals surface area contributed by atoms with Crippen LogP contribution in [0.3, 0.4) is 0 Å². The van der Waals surface area contributed by atoms with E-state index >= 15 is 0 Å². The standard InChI is InChI=1S/C33H35NO6/c1-31(2)19-26(35)33(28(36)22-14-12-21(13-15-22)20-10-8-7-9-11-20)27(34-32(3,29(31)33)30(37)40-6)23-16-24(38-4)18-25(17-23)39-5/h7-18,27,29,34H,19H2,1-6H3/t27-,29?,32-,33+/m0/s1. The maximum Gasteiger partial charge on any atom is 0.326 e. The first kappa shape index (κ1) is 27.6. The molecule has 0 aromatic heterocycles. The molecular formula is C33H35NO6. The fourth-order valence-electron chi connectivity index (χ4n) is 7.30. The van der Waals surface area contributed by atoms with Crippen LogP contribution in [0.4, 0.5) is 0 Å². The van der Waals surface area contributed by atoms with Gasteiger partial charge < -0.3 is 14.2 Å². The van der Waals surface area contributed by atoms with E-state index < -0.39 is 34.3 Å². The predicted molar refractivity (Wildman–Crippen MR) is 151 cm³/mol. The van der Waals surface area contributed by atoms with E-state index in [-0.39, 0.29) is 18.0 Å². The highest BCUT2D eigenvalue weighted by molar-refractivity contribution is 6.18. The first-order chi connectivity index (χ1) is 19.0. The van der Waals surface area contributed by atoms with Gasteiger partial charge in [-0.3, -0.25) is 19.7 Å². The van der Waals surface area contributed by atoms with Gasteiger partial charge in [0.15, 0.2) is 5.78 Å². The third kappa shape index (κ3) is 4.03. The Morgan fingerprint density at radius 1 is 0.825 bits per heavy atom. The minimum atomic E-state index is -1.57. The van der Waals surface area contributed by atoms with Gasteiger partial charge in [0.05, 0.1) is 27.4 Å². The third-order valence-corrected chi connectivity index (χ3v) is 8.74. The Balaban J connectivity index is 1.73. The number of carbonyl (C=O) groups is 3. The highest BCUT2D eigenvalue weighted by Gasteiger charge is 2.77. The van der Waals surface area contributed by atoms with Crippen LogP contribution in [0.25, 0.3) is 11.1 Å². The summed E-state index contributed by atoms with van der Waals surface area (Å²) in [5.74, 6) is -0.700. The molecule has 4 atom stereocenters. The Morgan fingerprint density at radius 2 is 1.40 bits per heavy atom. The number of carbonyl (C=O) groups excluding carboxylic acids is 3. The highest BCUT2D eigenvalue weighted by Crippen LogP contribution is 2.66. The van der Waals surface area contributed by atoms with Crippen molar-refractivity contribution in [2.45, 2.75) is 38.8 Å². The van der Waals surface area contributed by atoms with Crippen LogP contribution in [0.2, 0.25) is 0 Å². The summed E-state index contributed by atoms with van der Waals surface area (Å²) in [7, 11) is 4.41. The molecule has 0 spiro atoms. The van der Waals surface area contributed by atoms with Gasteiger partial charge in [-0.2, -0.15) is 0 Å². The average Bonchev–Trinajstić information content (AvgIpc) is 3.40. The minimum absolute atomic E-state index is 0.150. The Labute approximate surface area is 234 Å². The highest BCUT2D eigenvalue weighted by atomic mass is 16.5. The van der Waals surface area contributed by atoms with Crippen molar-refractivity contribution in [3.8, 4) is 22.6 Å². The molecule has 40 heavy (non-hydrogen) atoms. The molecule has 0 amide bonds. The molecule has 7 heteroatoms. The first-order valence-electron chi connectivity index (χ1n) is 13.4. The van der Waals surface area contributed by atoms with Gasteiger partial charge in [-0.15, -0.1) is 0 Å². The second-order valence-electron chi connectivity index (χ2n) is 11.6. The van der Waals surface area contributed by atoms with E-state index in [1.54, 1.807) is 51.5 Å². The van der Waals surface area contributed by atoms with Gasteiger partial charge in [-0.05, 0) is 41.2 Å². The molecule has 1 N–H and O–H groups in total. The van der Waals surface area contributed by atoms with Crippen molar-refractivity contribution in [3.05, 3.63) is 83.9 Å². The maximum absolute atomic E-state index is 14.8. The fraction of sp³-hybridized carbons (Fsp3) is 0.364. The van der Waals surface area contributed by atoms with Crippen LogP contribution in [-0.2, 0) is 14.3 Å². The summed E-state index contributed by atoms with van der Waals surface area (Å²) in [5.41, 5.74) is -0.547. The lowest BCUT2D eigenvalue weighted by atomic mass is 9.59. The van der Waals surface area contributed by atoms with Crippen LogP contribution < -0.4 is 14.8 Å². The topological polar surface area (TPSA) is 90.9 Å². The van der Waals surface area contributed by atoms with Crippen molar-refractivity contribution in [3.63, 3.8) is 0 Å². The smallest absolute Gasteiger partial charge is 0.326 e. The van der Waals surface area contributed by atoms with Crippen LogP contribution in [0, 0.1) is 16.7 Å². The Hall–Kier alpha value is -3.97. The Kier molecular flexibility index (Phi) is 6.83. The summed E-state index contributed by atoms with van der Waals surface area (Å²) >= 11 is 0. The van der Waals surface area contributed by atoms with Crippen molar-refractivity contribution in [1.82, 2.24) is 5.32 Å². The number of fused-ring (bicyclic) bond motifs is 1. The zero-order valence-electron chi connectivity index (χ0n) is 23.7. The lowest BCUT2D eigenvalue weighted by Gasteiger charge is -2.39. The number of ketones is 2. The van der Waals surface area contributed by atoms with E-state index in [1.165, 1.54) is 7.11 Å². The molecule has 2 aliphatic rings. The molecule has 5 rings (SSSR count). The molecule has 1 saturated carbocycles. The molecule has 2 fully saturated rings. The van der Waals surface area contributed by atoms with Crippen LogP contribution in [0.15, 0.2) is 72.8 Å². The van der Waals surface area contributed by atoms with Gasteiger partial charge in [0.25, 0.3) is 0 Å². The van der Waals surface area contributed by atoms with E-state index in [2.05, 4.69) is 5.32 Å². The zero-order valence-corrected chi connectivity index (χ0v) is 23.7. The summed E-state index contributed by atoms with van der Waals surface area (Å²) in [6.07, 6.45) is 0.150. The molecule has 3 aromatic rings. The lowest BCUT2D eigenvalue weighted by Crippen LogP contribution is -2.55. The van der Waals surface area contributed by atoms with E-state index in [0.29, 0.717) is 22.6 Å². The molecule has 1 saturated heterocycles. The van der Waals surface area contributed by atoms with Crippen molar-refractivity contribution in [1.29, 1.82) is 0 Å². The van der Waals surface area contributed by atoms with E-state index in [4.69, 9.17) is 14.2 Å². The number of nitrogens with one attached hydrogen (secondary N) is 1. The quantitative estimate of drug-likeness (QED) is 0.242. The lowest BCUT2D eigenvalue weighted by molar-refractivity contribution is -0.151. The van der Waals surface area contributed by atoms with Crippen molar-refractivity contribution in [2.24, 2.45) is 16.7 Å². The number of Topliss-reactive ketones (excluding diaryl/α,β-unsaturated/α-hetero) is 2. The molecule has 1 aliphatic carbocycles. The minimum Gasteiger partial charge on any atom is -0.497 e. The van der Waals surface area contributed by atoms with Crippen LogP contribution in [-0.4, -0.2) is 44.4 Å². The normalized spacial score (nSPS) is 26.7. The Bertz CT molecular complexity index is 1440. The molecule has 1 aliphatic heterocycles. The Morgan fingerprint density at radius 3 is 1.95 bits per heavy atom. The molecular weight excluding hydrogens is 506 g/mol. The van der Waals surface area contributed by atoms with Gasteiger partial charge in [0.2, 0.25) is 0 Å². The van der Waals surface area contributed by atoms with Gasteiger partial charge in [-0.1, -0.05) is 68.4 Å².